The van der Waals surface area contributed by atoms with Crippen molar-refractivity contribution >= 4 is 10.0 Å². The third-order valence-corrected chi connectivity index (χ3v) is 6.50. The molecule has 1 aromatic carbocycles. The van der Waals surface area contributed by atoms with E-state index in [1.165, 1.54) is 5.56 Å². The fourth-order valence-electron chi connectivity index (χ4n) is 2.78. The Labute approximate surface area is 121 Å². The minimum absolute atomic E-state index is 0.0804. The Kier molecular flexibility index (Phi) is 4.10. The minimum atomic E-state index is -3.00. The molecule has 0 radical (unpaired) electrons. The van der Waals surface area contributed by atoms with Crippen LogP contribution in [0, 0.1) is 0 Å². The van der Waals surface area contributed by atoms with E-state index in [1.807, 2.05) is 6.07 Å². The van der Waals surface area contributed by atoms with Gasteiger partial charge in [-0.1, -0.05) is 30.3 Å². The van der Waals surface area contributed by atoms with Crippen LogP contribution in [0.4, 0.5) is 0 Å². The molecule has 0 bridgehead atoms. The molecule has 3 rings (SSSR count). The second kappa shape index (κ2) is 5.84. The van der Waals surface area contributed by atoms with Crippen LogP contribution in [0.2, 0.25) is 0 Å². The van der Waals surface area contributed by atoms with Crippen molar-refractivity contribution in [3.05, 3.63) is 35.9 Å². The van der Waals surface area contributed by atoms with Crippen LogP contribution in [-0.4, -0.2) is 49.1 Å². The zero-order valence-electron chi connectivity index (χ0n) is 11.7. The predicted octanol–water partition coefficient (Wildman–Crippen LogP) is 1.69. The van der Waals surface area contributed by atoms with E-state index < -0.39 is 10.0 Å². The van der Waals surface area contributed by atoms with Gasteiger partial charge < -0.3 is 0 Å². The summed E-state index contributed by atoms with van der Waals surface area (Å²) < 4.78 is 26.3. The van der Waals surface area contributed by atoms with Crippen LogP contribution < -0.4 is 0 Å². The Morgan fingerprint density at radius 3 is 2.45 bits per heavy atom. The SMILES string of the molecule is O=S(=O)(C1CC1)N1CCCN(Cc2ccccc2)CC1. The molecule has 1 aromatic rings. The van der Waals surface area contributed by atoms with Crippen LogP contribution in [0.25, 0.3) is 0 Å². The van der Waals surface area contributed by atoms with Gasteiger partial charge in [0.05, 0.1) is 5.25 Å². The van der Waals surface area contributed by atoms with Crippen molar-refractivity contribution in [2.45, 2.75) is 31.1 Å². The maximum Gasteiger partial charge on any atom is 0.217 e. The average Bonchev–Trinajstić information content (AvgIpc) is 3.27. The maximum absolute atomic E-state index is 12.3. The summed E-state index contributed by atoms with van der Waals surface area (Å²) >= 11 is 0. The molecule has 0 aromatic heterocycles. The van der Waals surface area contributed by atoms with Gasteiger partial charge in [-0.05, 0) is 31.4 Å². The first-order valence-electron chi connectivity index (χ1n) is 7.41. The Morgan fingerprint density at radius 1 is 1.00 bits per heavy atom. The summed E-state index contributed by atoms with van der Waals surface area (Å²) in [4.78, 5) is 2.36. The number of hydrogen-bond donors (Lipinski definition) is 0. The van der Waals surface area contributed by atoms with Crippen LogP contribution in [0.3, 0.4) is 0 Å². The van der Waals surface area contributed by atoms with Gasteiger partial charge in [-0.25, -0.2) is 12.7 Å². The highest BCUT2D eigenvalue weighted by Crippen LogP contribution is 2.31. The predicted molar refractivity (Wildman–Crippen MR) is 79.9 cm³/mol. The fraction of sp³-hybridized carbons (Fsp3) is 0.600. The van der Waals surface area contributed by atoms with Gasteiger partial charge in [0, 0.05) is 26.2 Å². The normalized spacial score (nSPS) is 22.6. The Balaban J connectivity index is 1.59. The van der Waals surface area contributed by atoms with Crippen molar-refractivity contribution in [2.24, 2.45) is 0 Å². The van der Waals surface area contributed by atoms with E-state index in [-0.39, 0.29) is 5.25 Å². The number of hydrogen-bond acceptors (Lipinski definition) is 3. The molecule has 1 saturated carbocycles. The summed E-state index contributed by atoms with van der Waals surface area (Å²) in [6.07, 6.45) is 2.64. The number of benzene rings is 1. The zero-order chi connectivity index (χ0) is 14.0. The van der Waals surface area contributed by atoms with Gasteiger partial charge in [-0.15, -0.1) is 0 Å². The lowest BCUT2D eigenvalue weighted by molar-refractivity contribution is 0.278. The van der Waals surface area contributed by atoms with Crippen molar-refractivity contribution < 1.29 is 8.42 Å². The molecule has 2 aliphatic rings. The molecule has 0 atom stereocenters. The van der Waals surface area contributed by atoms with E-state index in [2.05, 4.69) is 29.2 Å². The highest BCUT2D eigenvalue weighted by atomic mass is 32.2. The molecule has 1 aliphatic carbocycles. The molecule has 2 fully saturated rings. The Bertz CT molecular complexity index is 540. The van der Waals surface area contributed by atoms with Gasteiger partial charge in [0.25, 0.3) is 0 Å². The topological polar surface area (TPSA) is 40.6 Å². The third-order valence-electron chi connectivity index (χ3n) is 4.10. The van der Waals surface area contributed by atoms with Crippen LogP contribution in [-0.2, 0) is 16.6 Å². The molecule has 4 nitrogen and oxygen atoms in total. The Hall–Kier alpha value is -0.910. The third kappa shape index (κ3) is 3.22. The van der Waals surface area contributed by atoms with E-state index in [1.54, 1.807) is 4.31 Å². The quantitative estimate of drug-likeness (QED) is 0.848. The molecule has 5 heteroatoms. The van der Waals surface area contributed by atoms with Gasteiger partial charge in [-0.3, -0.25) is 4.90 Å². The van der Waals surface area contributed by atoms with Gasteiger partial charge in [0.1, 0.15) is 0 Å². The van der Waals surface area contributed by atoms with E-state index in [0.717, 1.165) is 38.9 Å². The summed E-state index contributed by atoms with van der Waals surface area (Å²) in [7, 11) is -3.00. The van der Waals surface area contributed by atoms with Gasteiger partial charge >= 0.3 is 0 Å². The molecule has 1 heterocycles. The van der Waals surface area contributed by atoms with Crippen molar-refractivity contribution in [3.63, 3.8) is 0 Å². The van der Waals surface area contributed by atoms with Crippen LogP contribution in [0.5, 0.6) is 0 Å². The van der Waals surface area contributed by atoms with Crippen LogP contribution in [0.15, 0.2) is 30.3 Å². The first-order chi connectivity index (χ1) is 9.66. The molecular weight excluding hydrogens is 272 g/mol. The first kappa shape index (κ1) is 14.0. The minimum Gasteiger partial charge on any atom is -0.298 e. The van der Waals surface area contributed by atoms with Crippen molar-refractivity contribution in [1.29, 1.82) is 0 Å². The number of sulfonamides is 1. The summed E-state index contributed by atoms with van der Waals surface area (Å²) in [6, 6.07) is 10.4. The van der Waals surface area contributed by atoms with E-state index >= 15 is 0 Å². The molecule has 0 unspecified atom stereocenters. The molecule has 110 valence electrons. The summed E-state index contributed by atoms with van der Waals surface area (Å²) in [5.74, 6) is 0. The zero-order valence-corrected chi connectivity index (χ0v) is 12.6. The van der Waals surface area contributed by atoms with Gasteiger partial charge in [0.2, 0.25) is 10.0 Å². The standard InChI is InChI=1S/C15H22N2O2S/c18-20(19,15-7-8-15)17-10-4-9-16(11-12-17)13-14-5-2-1-3-6-14/h1-3,5-6,15H,4,7-13H2. The lowest BCUT2D eigenvalue weighted by Gasteiger charge is -2.21. The number of rotatable bonds is 4. The maximum atomic E-state index is 12.3. The van der Waals surface area contributed by atoms with E-state index in [4.69, 9.17) is 0 Å². The summed E-state index contributed by atoms with van der Waals surface area (Å²) in [5, 5.41) is -0.0804. The lowest BCUT2D eigenvalue weighted by atomic mass is 10.2. The van der Waals surface area contributed by atoms with Crippen molar-refractivity contribution in [2.75, 3.05) is 26.2 Å². The fourth-order valence-corrected chi connectivity index (χ4v) is 4.65. The molecule has 1 aliphatic heterocycles. The van der Waals surface area contributed by atoms with Gasteiger partial charge in [0.15, 0.2) is 0 Å². The molecule has 0 N–H and O–H groups in total. The summed E-state index contributed by atoms with van der Waals surface area (Å²) in [6.45, 7) is 4.06. The molecule has 0 amide bonds. The number of nitrogens with zero attached hydrogens (tertiary/aromatic N) is 2. The highest BCUT2D eigenvalue weighted by molar-refractivity contribution is 7.90. The summed E-state index contributed by atoms with van der Waals surface area (Å²) in [5.41, 5.74) is 1.30. The highest BCUT2D eigenvalue weighted by Gasteiger charge is 2.40. The lowest BCUT2D eigenvalue weighted by Crippen LogP contribution is -2.37. The van der Waals surface area contributed by atoms with E-state index in [9.17, 15) is 8.42 Å². The van der Waals surface area contributed by atoms with Crippen molar-refractivity contribution in [1.82, 2.24) is 9.21 Å². The van der Waals surface area contributed by atoms with Gasteiger partial charge in [-0.2, -0.15) is 0 Å². The largest absolute Gasteiger partial charge is 0.298 e. The smallest absolute Gasteiger partial charge is 0.217 e. The Morgan fingerprint density at radius 2 is 1.75 bits per heavy atom. The first-order valence-corrected chi connectivity index (χ1v) is 8.92. The average molecular weight is 294 g/mol. The van der Waals surface area contributed by atoms with Crippen LogP contribution >= 0.6 is 0 Å². The molecule has 20 heavy (non-hydrogen) atoms. The monoisotopic (exact) mass is 294 g/mol. The molecule has 1 saturated heterocycles. The molecular formula is C15H22N2O2S. The van der Waals surface area contributed by atoms with E-state index in [0.29, 0.717) is 13.1 Å². The van der Waals surface area contributed by atoms with Crippen molar-refractivity contribution in [3.8, 4) is 0 Å². The molecule has 0 spiro atoms. The second-order valence-corrected chi connectivity index (χ2v) is 7.97. The second-order valence-electron chi connectivity index (χ2n) is 5.76. The van der Waals surface area contributed by atoms with Crippen LogP contribution in [0.1, 0.15) is 24.8 Å².